The monoisotopic (exact) mass is 376 g/mol. The summed E-state index contributed by atoms with van der Waals surface area (Å²) in [5, 5.41) is 0. The predicted molar refractivity (Wildman–Crippen MR) is 111 cm³/mol. The van der Waals surface area contributed by atoms with Gasteiger partial charge in [0.15, 0.2) is 11.5 Å². The van der Waals surface area contributed by atoms with Crippen LogP contribution in [0.1, 0.15) is 78.2 Å². The van der Waals surface area contributed by atoms with E-state index in [4.69, 9.17) is 14.2 Å². The van der Waals surface area contributed by atoms with Gasteiger partial charge in [-0.3, -0.25) is 0 Å². The van der Waals surface area contributed by atoms with E-state index in [0.717, 1.165) is 24.8 Å². The molecule has 1 aromatic carbocycles. The van der Waals surface area contributed by atoms with Crippen molar-refractivity contribution in [2.75, 3.05) is 13.2 Å². The average Bonchev–Trinajstić information content (AvgIpc) is 2.64. The van der Waals surface area contributed by atoms with Crippen molar-refractivity contribution in [3.05, 3.63) is 29.8 Å². The largest absolute Gasteiger partial charge is 0.490 e. The molecule has 0 saturated heterocycles. The third-order valence-corrected chi connectivity index (χ3v) is 4.35. The molecular weight excluding hydrogens is 340 g/mol. The van der Waals surface area contributed by atoms with Crippen molar-refractivity contribution in [1.29, 1.82) is 0 Å². The van der Waals surface area contributed by atoms with E-state index in [9.17, 15) is 4.79 Å². The number of rotatable bonds is 14. The van der Waals surface area contributed by atoms with Crippen LogP contribution in [0.2, 0.25) is 0 Å². The summed E-state index contributed by atoms with van der Waals surface area (Å²) in [7, 11) is 0. The van der Waals surface area contributed by atoms with Crippen LogP contribution in [-0.2, 0) is 11.2 Å². The number of ether oxygens (including phenoxy) is 3. The van der Waals surface area contributed by atoms with Gasteiger partial charge in [0.25, 0.3) is 0 Å². The maximum absolute atomic E-state index is 12.0. The molecule has 0 aliphatic rings. The lowest BCUT2D eigenvalue weighted by Crippen LogP contribution is -2.11. The molecule has 0 saturated carbocycles. The van der Waals surface area contributed by atoms with E-state index in [1.54, 1.807) is 13.0 Å². The highest BCUT2D eigenvalue weighted by Crippen LogP contribution is 2.39. The quantitative estimate of drug-likeness (QED) is 0.166. The summed E-state index contributed by atoms with van der Waals surface area (Å²) >= 11 is 0. The Kier molecular flexibility index (Phi) is 11.3. The Morgan fingerprint density at radius 2 is 1.48 bits per heavy atom. The molecule has 0 heterocycles. The molecule has 1 rings (SSSR count). The van der Waals surface area contributed by atoms with Crippen molar-refractivity contribution in [2.24, 2.45) is 0 Å². The van der Waals surface area contributed by atoms with Crippen LogP contribution in [0.25, 0.3) is 0 Å². The highest BCUT2D eigenvalue weighted by atomic mass is 16.5. The van der Waals surface area contributed by atoms with Crippen LogP contribution in [-0.4, -0.2) is 19.2 Å². The molecule has 0 unspecified atom stereocenters. The van der Waals surface area contributed by atoms with Gasteiger partial charge >= 0.3 is 5.97 Å². The number of carbonyl (C=O) groups is 1. The number of esters is 1. The average molecular weight is 377 g/mol. The highest BCUT2D eigenvalue weighted by molar-refractivity contribution is 5.89. The Hall–Kier alpha value is -1.97. The number of hydrogen-bond acceptors (Lipinski definition) is 4. The molecule has 0 radical (unpaired) electrons. The minimum atomic E-state index is -0.414. The lowest BCUT2D eigenvalue weighted by Gasteiger charge is -2.18. The Bertz CT molecular complexity index is 592. The topological polar surface area (TPSA) is 44.8 Å². The summed E-state index contributed by atoms with van der Waals surface area (Å²) in [5.41, 5.74) is 1.29. The van der Waals surface area contributed by atoms with Gasteiger partial charge in [-0.05, 0) is 45.7 Å². The van der Waals surface area contributed by atoms with Crippen LogP contribution in [0.15, 0.2) is 24.3 Å². The standard InChI is InChI=1S/C23H36O4/c1-6-9-10-11-12-13-14-15-19-20(27-23(24)18(4)5)16-17-21(25-7-2)22(19)26-8-3/h16-17H,4,6-15H2,1-3,5H3. The van der Waals surface area contributed by atoms with E-state index in [2.05, 4.69) is 13.5 Å². The fourth-order valence-electron chi connectivity index (χ4n) is 2.94. The van der Waals surface area contributed by atoms with Gasteiger partial charge in [-0.1, -0.05) is 52.0 Å². The SMILES string of the molecule is C=C(C)C(=O)Oc1ccc(OCC)c(OCC)c1CCCCCCCCC. The van der Waals surface area contributed by atoms with Crippen LogP contribution in [0.4, 0.5) is 0 Å². The fraction of sp³-hybridized carbons (Fsp3) is 0.609. The zero-order valence-electron chi connectivity index (χ0n) is 17.6. The molecule has 0 amide bonds. The van der Waals surface area contributed by atoms with Crippen LogP contribution in [0.5, 0.6) is 17.2 Å². The van der Waals surface area contributed by atoms with Gasteiger partial charge in [-0.25, -0.2) is 4.79 Å². The third-order valence-electron chi connectivity index (χ3n) is 4.35. The highest BCUT2D eigenvalue weighted by Gasteiger charge is 2.19. The molecule has 0 aliphatic carbocycles. The van der Waals surface area contributed by atoms with E-state index >= 15 is 0 Å². The first kappa shape index (κ1) is 23.1. The van der Waals surface area contributed by atoms with E-state index in [-0.39, 0.29) is 0 Å². The predicted octanol–water partition coefficient (Wildman–Crippen LogP) is 6.26. The molecule has 152 valence electrons. The van der Waals surface area contributed by atoms with Crippen molar-refractivity contribution in [2.45, 2.75) is 79.1 Å². The van der Waals surface area contributed by atoms with Gasteiger partial charge in [0.2, 0.25) is 0 Å². The number of benzene rings is 1. The van der Waals surface area contributed by atoms with E-state index in [1.165, 1.54) is 32.1 Å². The molecule has 0 atom stereocenters. The Morgan fingerprint density at radius 1 is 0.889 bits per heavy atom. The van der Waals surface area contributed by atoms with Gasteiger partial charge in [0.1, 0.15) is 5.75 Å². The zero-order chi connectivity index (χ0) is 20.1. The molecule has 0 N–H and O–H groups in total. The summed E-state index contributed by atoms with van der Waals surface area (Å²) in [5.74, 6) is 1.52. The number of unbranched alkanes of at least 4 members (excludes halogenated alkanes) is 6. The van der Waals surface area contributed by atoms with Gasteiger partial charge in [0, 0.05) is 11.1 Å². The maximum atomic E-state index is 12.0. The normalized spacial score (nSPS) is 10.5. The van der Waals surface area contributed by atoms with Crippen LogP contribution in [0.3, 0.4) is 0 Å². The van der Waals surface area contributed by atoms with E-state index < -0.39 is 5.97 Å². The second-order valence-corrected chi connectivity index (χ2v) is 6.78. The summed E-state index contributed by atoms with van der Waals surface area (Å²) < 4.78 is 17.2. The molecule has 4 heteroatoms. The van der Waals surface area contributed by atoms with E-state index in [1.807, 2.05) is 19.9 Å². The fourth-order valence-corrected chi connectivity index (χ4v) is 2.94. The molecule has 0 spiro atoms. The maximum Gasteiger partial charge on any atom is 0.338 e. The van der Waals surface area contributed by atoms with E-state index in [0.29, 0.717) is 36.0 Å². The second-order valence-electron chi connectivity index (χ2n) is 6.78. The van der Waals surface area contributed by atoms with Crippen molar-refractivity contribution in [1.82, 2.24) is 0 Å². The molecule has 0 aliphatic heterocycles. The molecule has 1 aromatic rings. The molecule has 0 fully saturated rings. The third kappa shape index (κ3) is 8.06. The smallest absolute Gasteiger partial charge is 0.338 e. The van der Waals surface area contributed by atoms with Crippen LogP contribution in [0, 0.1) is 0 Å². The number of hydrogen-bond donors (Lipinski definition) is 0. The number of carbonyl (C=O) groups excluding carboxylic acids is 1. The summed E-state index contributed by atoms with van der Waals surface area (Å²) in [4.78, 5) is 12.0. The Balaban J connectivity index is 2.93. The summed E-state index contributed by atoms with van der Waals surface area (Å²) in [6.45, 7) is 12.5. The lowest BCUT2D eigenvalue weighted by atomic mass is 10.0. The van der Waals surface area contributed by atoms with Crippen molar-refractivity contribution < 1.29 is 19.0 Å². The van der Waals surface area contributed by atoms with Crippen molar-refractivity contribution >= 4 is 5.97 Å². The molecular formula is C23H36O4. The summed E-state index contributed by atoms with van der Waals surface area (Å²) in [6.07, 6.45) is 9.37. The van der Waals surface area contributed by atoms with Gasteiger partial charge in [-0.2, -0.15) is 0 Å². The minimum Gasteiger partial charge on any atom is -0.490 e. The first-order valence-electron chi connectivity index (χ1n) is 10.3. The van der Waals surface area contributed by atoms with Crippen LogP contribution < -0.4 is 14.2 Å². The van der Waals surface area contributed by atoms with Gasteiger partial charge < -0.3 is 14.2 Å². The van der Waals surface area contributed by atoms with Crippen molar-refractivity contribution in [3.63, 3.8) is 0 Å². The first-order chi connectivity index (χ1) is 13.0. The minimum absolute atomic E-state index is 0.378. The molecule has 27 heavy (non-hydrogen) atoms. The van der Waals surface area contributed by atoms with Crippen molar-refractivity contribution in [3.8, 4) is 17.2 Å². The molecule has 0 aromatic heterocycles. The zero-order valence-corrected chi connectivity index (χ0v) is 17.6. The summed E-state index contributed by atoms with van der Waals surface area (Å²) in [6, 6.07) is 3.61. The molecule has 0 bridgehead atoms. The van der Waals surface area contributed by atoms with Gasteiger partial charge in [-0.15, -0.1) is 0 Å². The Morgan fingerprint density at radius 3 is 2.07 bits per heavy atom. The first-order valence-corrected chi connectivity index (χ1v) is 10.3. The molecule has 4 nitrogen and oxygen atoms in total. The Labute approximate surface area is 164 Å². The van der Waals surface area contributed by atoms with Crippen LogP contribution >= 0.6 is 0 Å². The lowest BCUT2D eigenvalue weighted by molar-refractivity contribution is -0.130. The second kappa shape index (κ2) is 13.2. The van der Waals surface area contributed by atoms with Gasteiger partial charge in [0.05, 0.1) is 13.2 Å².